The Kier molecular flexibility index (Phi) is 3.61. The zero-order valence-electron chi connectivity index (χ0n) is 8.41. The van der Waals surface area contributed by atoms with Crippen LogP contribution in [0.5, 0.6) is 0 Å². The Bertz CT molecular complexity index is 295. The fourth-order valence-corrected chi connectivity index (χ4v) is 1.42. The third-order valence-corrected chi connectivity index (χ3v) is 2.96. The van der Waals surface area contributed by atoms with Gasteiger partial charge in [0.2, 0.25) is 0 Å². The summed E-state index contributed by atoms with van der Waals surface area (Å²) < 4.78 is 0. The normalized spacial score (nSPS) is 14.3. The predicted octanol–water partition coefficient (Wildman–Crippen LogP) is 3.93. The van der Waals surface area contributed by atoms with Crippen molar-refractivity contribution in [3.05, 3.63) is 46.4 Å². The molecule has 0 N–H and O–H groups in total. The third-order valence-electron chi connectivity index (χ3n) is 2.32. The van der Waals surface area contributed by atoms with Gasteiger partial charge >= 0.3 is 0 Å². The molecule has 1 atom stereocenters. The van der Waals surface area contributed by atoms with Gasteiger partial charge in [0.1, 0.15) is 0 Å². The first-order valence-corrected chi connectivity index (χ1v) is 5.01. The zero-order chi connectivity index (χ0) is 9.84. The van der Waals surface area contributed by atoms with Crippen LogP contribution in [-0.2, 0) is 0 Å². The molecule has 1 heteroatoms. The van der Waals surface area contributed by atoms with Gasteiger partial charge in [-0.05, 0) is 24.3 Å². The van der Waals surface area contributed by atoms with E-state index in [1.807, 2.05) is 13.0 Å². The summed E-state index contributed by atoms with van der Waals surface area (Å²) in [4.78, 5) is 1.13. The van der Waals surface area contributed by atoms with Gasteiger partial charge in [-0.15, -0.1) is 12.6 Å². The SMILES string of the molecule is C/C=C(\S)C(C)c1ccc(C)cc1. The Morgan fingerprint density at radius 3 is 2.31 bits per heavy atom. The third kappa shape index (κ3) is 2.63. The lowest BCUT2D eigenvalue weighted by molar-refractivity contribution is 0.949. The largest absolute Gasteiger partial charge is 0.148 e. The second-order valence-corrected chi connectivity index (χ2v) is 3.86. The average molecular weight is 192 g/mol. The highest BCUT2D eigenvalue weighted by molar-refractivity contribution is 7.84. The van der Waals surface area contributed by atoms with Gasteiger partial charge < -0.3 is 0 Å². The van der Waals surface area contributed by atoms with Crippen LogP contribution in [-0.4, -0.2) is 0 Å². The van der Waals surface area contributed by atoms with Crippen LogP contribution in [0.15, 0.2) is 35.2 Å². The highest BCUT2D eigenvalue weighted by Gasteiger charge is 2.06. The number of hydrogen-bond acceptors (Lipinski definition) is 1. The molecule has 1 aromatic carbocycles. The zero-order valence-corrected chi connectivity index (χ0v) is 9.31. The fourth-order valence-electron chi connectivity index (χ4n) is 1.28. The quantitative estimate of drug-likeness (QED) is 0.674. The molecule has 0 fully saturated rings. The van der Waals surface area contributed by atoms with Crippen LogP contribution in [0.1, 0.15) is 30.9 Å². The molecule has 0 amide bonds. The van der Waals surface area contributed by atoms with E-state index in [9.17, 15) is 0 Å². The maximum Gasteiger partial charge on any atom is 0.0115 e. The molecule has 0 heterocycles. The van der Waals surface area contributed by atoms with E-state index in [0.29, 0.717) is 5.92 Å². The Labute approximate surface area is 86.1 Å². The van der Waals surface area contributed by atoms with Crippen LogP contribution in [0, 0.1) is 6.92 Å². The predicted molar refractivity (Wildman–Crippen MR) is 62.3 cm³/mol. The molecule has 0 aliphatic carbocycles. The molecule has 0 aliphatic rings. The monoisotopic (exact) mass is 192 g/mol. The van der Waals surface area contributed by atoms with Gasteiger partial charge in [-0.3, -0.25) is 0 Å². The van der Waals surface area contributed by atoms with Crippen molar-refractivity contribution in [1.82, 2.24) is 0 Å². The molecule has 0 aromatic heterocycles. The summed E-state index contributed by atoms with van der Waals surface area (Å²) in [5, 5.41) is 0. The van der Waals surface area contributed by atoms with Gasteiger partial charge in [-0.25, -0.2) is 0 Å². The van der Waals surface area contributed by atoms with Gasteiger partial charge in [-0.2, -0.15) is 0 Å². The Morgan fingerprint density at radius 1 is 1.31 bits per heavy atom. The molecule has 0 spiro atoms. The standard InChI is InChI=1S/C12H16S/c1-4-12(13)10(3)11-7-5-9(2)6-8-11/h4-8,10,13H,1-3H3/b12-4-. The lowest BCUT2D eigenvalue weighted by atomic mass is 9.99. The van der Waals surface area contributed by atoms with Gasteiger partial charge in [0.05, 0.1) is 0 Å². The summed E-state index contributed by atoms with van der Waals surface area (Å²) in [7, 11) is 0. The Balaban J connectivity index is 2.89. The Morgan fingerprint density at radius 2 is 1.85 bits per heavy atom. The van der Waals surface area contributed by atoms with Crippen molar-refractivity contribution in [2.24, 2.45) is 0 Å². The van der Waals surface area contributed by atoms with Crippen LogP contribution in [0.4, 0.5) is 0 Å². The molecule has 0 nitrogen and oxygen atoms in total. The average Bonchev–Trinajstić information content (AvgIpc) is 2.17. The lowest BCUT2D eigenvalue weighted by Crippen LogP contribution is -1.92. The second-order valence-electron chi connectivity index (χ2n) is 3.35. The molecule has 0 saturated carbocycles. The summed E-state index contributed by atoms with van der Waals surface area (Å²) >= 11 is 4.42. The van der Waals surface area contributed by atoms with Gasteiger partial charge in [0.15, 0.2) is 0 Å². The van der Waals surface area contributed by atoms with E-state index in [1.54, 1.807) is 0 Å². The molecule has 70 valence electrons. The lowest BCUT2D eigenvalue weighted by Gasteiger charge is -2.11. The molecular weight excluding hydrogens is 176 g/mol. The minimum Gasteiger partial charge on any atom is -0.148 e. The first-order chi connectivity index (χ1) is 6.15. The van der Waals surface area contributed by atoms with Gasteiger partial charge in [-0.1, -0.05) is 42.8 Å². The summed E-state index contributed by atoms with van der Waals surface area (Å²) in [6.45, 7) is 6.30. The first-order valence-electron chi connectivity index (χ1n) is 4.57. The summed E-state index contributed by atoms with van der Waals surface area (Å²) in [6, 6.07) is 8.62. The number of hydrogen-bond donors (Lipinski definition) is 1. The smallest absolute Gasteiger partial charge is 0.0115 e. The van der Waals surface area contributed by atoms with Crippen molar-refractivity contribution in [2.45, 2.75) is 26.7 Å². The van der Waals surface area contributed by atoms with Gasteiger partial charge in [0, 0.05) is 5.92 Å². The van der Waals surface area contributed by atoms with Crippen molar-refractivity contribution in [2.75, 3.05) is 0 Å². The molecule has 0 saturated heterocycles. The molecule has 0 aliphatic heterocycles. The molecule has 0 bridgehead atoms. The number of thiol groups is 1. The van der Waals surface area contributed by atoms with E-state index in [1.165, 1.54) is 11.1 Å². The van der Waals surface area contributed by atoms with Crippen LogP contribution >= 0.6 is 12.6 Å². The van der Waals surface area contributed by atoms with E-state index in [-0.39, 0.29) is 0 Å². The van der Waals surface area contributed by atoms with Crippen LogP contribution < -0.4 is 0 Å². The number of benzene rings is 1. The van der Waals surface area contributed by atoms with E-state index < -0.39 is 0 Å². The first kappa shape index (κ1) is 10.4. The molecular formula is C12H16S. The summed E-state index contributed by atoms with van der Waals surface area (Å²) in [6.07, 6.45) is 2.05. The van der Waals surface area contributed by atoms with E-state index in [0.717, 1.165) is 4.91 Å². The van der Waals surface area contributed by atoms with Crippen LogP contribution in [0.3, 0.4) is 0 Å². The number of rotatable bonds is 2. The molecule has 1 rings (SSSR count). The molecule has 1 aromatic rings. The Hall–Kier alpha value is -0.690. The highest BCUT2D eigenvalue weighted by Crippen LogP contribution is 2.26. The number of aryl methyl sites for hydroxylation is 1. The van der Waals surface area contributed by atoms with Gasteiger partial charge in [0.25, 0.3) is 0 Å². The van der Waals surface area contributed by atoms with E-state index in [2.05, 4.69) is 50.7 Å². The number of allylic oxidation sites excluding steroid dienone is 2. The van der Waals surface area contributed by atoms with Crippen molar-refractivity contribution < 1.29 is 0 Å². The van der Waals surface area contributed by atoms with E-state index >= 15 is 0 Å². The minimum absolute atomic E-state index is 0.411. The van der Waals surface area contributed by atoms with Crippen molar-refractivity contribution in [3.8, 4) is 0 Å². The molecule has 1 unspecified atom stereocenters. The molecule has 0 radical (unpaired) electrons. The highest BCUT2D eigenvalue weighted by atomic mass is 32.1. The fraction of sp³-hybridized carbons (Fsp3) is 0.333. The topological polar surface area (TPSA) is 0 Å². The van der Waals surface area contributed by atoms with Crippen molar-refractivity contribution >= 4 is 12.6 Å². The van der Waals surface area contributed by atoms with Crippen molar-refractivity contribution in [1.29, 1.82) is 0 Å². The maximum atomic E-state index is 4.42. The minimum atomic E-state index is 0.411. The van der Waals surface area contributed by atoms with Crippen LogP contribution in [0.2, 0.25) is 0 Å². The second kappa shape index (κ2) is 4.52. The maximum absolute atomic E-state index is 4.42. The van der Waals surface area contributed by atoms with Crippen molar-refractivity contribution in [3.63, 3.8) is 0 Å². The molecule has 13 heavy (non-hydrogen) atoms. The van der Waals surface area contributed by atoms with E-state index in [4.69, 9.17) is 0 Å². The summed E-state index contributed by atoms with van der Waals surface area (Å²) in [5.74, 6) is 0.411. The summed E-state index contributed by atoms with van der Waals surface area (Å²) in [5.41, 5.74) is 2.63. The van der Waals surface area contributed by atoms with Crippen LogP contribution in [0.25, 0.3) is 0 Å².